The number of carbonyl (C=O) groups excluding carboxylic acids is 1. The van der Waals surface area contributed by atoms with Crippen molar-refractivity contribution in [2.24, 2.45) is 0 Å². The molecule has 0 aliphatic carbocycles. The van der Waals surface area contributed by atoms with Crippen LogP contribution in [0.25, 0.3) is 5.65 Å². The molecule has 2 aromatic heterocycles. The topological polar surface area (TPSA) is 95.5 Å². The average Bonchev–Trinajstić information content (AvgIpc) is 3.42. The van der Waals surface area contributed by atoms with E-state index in [2.05, 4.69) is 21.6 Å². The van der Waals surface area contributed by atoms with E-state index in [0.29, 0.717) is 35.2 Å². The normalized spacial score (nSPS) is 13.8. The summed E-state index contributed by atoms with van der Waals surface area (Å²) in [6, 6.07) is 29.6. The Balaban J connectivity index is 1.41. The van der Waals surface area contributed by atoms with Crippen molar-refractivity contribution in [1.82, 2.24) is 14.6 Å². The summed E-state index contributed by atoms with van der Waals surface area (Å²) in [4.78, 5) is 15.5. The van der Waals surface area contributed by atoms with Gasteiger partial charge in [0.25, 0.3) is 0 Å². The molecule has 1 aliphatic rings. The van der Waals surface area contributed by atoms with Crippen LogP contribution in [0, 0.1) is 18.3 Å². The molecule has 0 saturated heterocycles. The lowest BCUT2D eigenvalue weighted by Crippen LogP contribution is -2.33. The molecule has 42 heavy (non-hydrogen) atoms. The predicted octanol–water partition coefficient (Wildman–Crippen LogP) is 6.96. The van der Waals surface area contributed by atoms with Crippen LogP contribution in [0.3, 0.4) is 0 Å². The first-order valence-corrected chi connectivity index (χ1v) is 14.7. The quantitative estimate of drug-likeness (QED) is 0.210. The number of rotatable bonds is 7. The number of para-hydroxylation sites is 2. The van der Waals surface area contributed by atoms with E-state index in [1.165, 1.54) is 11.8 Å². The first kappa shape index (κ1) is 27.5. The highest BCUT2D eigenvalue weighted by Gasteiger charge is 2.33. The van der Waals surface area contributed by atoms with Gasteiger partial charge >= 0.3 is 0 Å². The Morgan fingerprint density at radius 3 is 2.26 bits per heavy atom. The van der Waals surface area contributed by atoms with Gasteiger partial charge in [-0.25, -0.2) is 0 Å². The van der Waals surface area contributed by atoms with E-state index in [0.717, 1.165) is 33.8 Å². The molecular weight excluding hydrogens is 544 g/mol. The van der Waals surface area contributed by atoms with Crippen LogP contribution in [0.4, 0.5) is 22.9 Å². The van der Waals surface area contributed by atoms with Gasteiger partial charge in [0.05, 0.1) is 23.5 Å². The van der Waals surface area contributed by atoms with Crippen molar-refractivity contribution in [3.63, 3.8) is 0 Å². The van der Waals surface area contributed by atoms with Gasteiger partial charge in [-0.15, -0.1) is 10.2 Å². The molecule has 1 N–H and O–H groups in total. The molecule has 3 heterocycles. The maximum absolute atomic E-state index is 13.8. The molecule has 9 heteroatoms. The van der Waals surface area contributed by atoms with Crippen LogP contribution in [-0.2, 0) is 22.6 Å². The number of benzene rings is 3. The van der Waals surface area contributed by atoms with Gasteiger partial charge < -0.3 is 10.1 Å². The minimum Gasteiger partial charge on any atom is -0.370 e. The monoisotopic (exact) mass is 574 g/mol. The number of fused-ring (bicyclic) bond motifs is 3. The summed E-state index contributed by atoms with van der Waals surface area (Å²) >= 11 is 1.29. The Bertz CT molecular complexity index is 1760. The van der Waals surface area contributed by atoms with Crippen LogP contribution in [0.15, 0.2) is 90.1 Å². The van der Waals surface area contributed by atoms with Crippen LogP contribution in [0.5, 0.6) is 0 Å². The number of aromatic nitrogens is 3. The summed E-state index contributed by atoms with van der Waals surface area (Å²) in [5.41, 5.74) is 6.02. The second-order valence-corrected chi connectivity index (χ2v) is 11.8. The molecule has 1 amide bonds. The van der Waals surface area contributed by atoms with Gasteiger partial charge in [-0.05, 0) is 62.7 Å². The first-order valence-electron chi connectivity index (χ1n) is 13.7. The van der Waals surface area contributed by atoms with E-state index in [1.807, 2.05) is 110 Å². The van der Waals surface area contributed by atoms with Gasteiger partial charge in [0.2, 0.25) is 5.91 Å². The van der Waals surface area contributed by atoms with E-state index in [9.17, 15) is 10.1 Å². The van der Waals surface area contributed by atoms with Gasteiger partial charge in [-0.1, -0.05) is 65.9 Å². The fourth-order valence-electron chi connectivity index (χ4n) is 5.19. The van der Waals surface area contributed by atoms with Gasteiger partial charge in [0.15, 0.2) is 10.8 Å². The van der Waals surface area contributed by atoms with E-state index in [1.54, 1.807) is 4.90 Å². The minimum atomic E-state index is -0.416. The van der Waals surface area contributed by atoms with Crippen molar-refractivity contribution in [3.05, 3.63) is 107 Å². The van der Waals surface area contributed by atoms with Gasteiger partial charge in [0, 0.05) is 29.0 Å². The highest BCUT2D eigenvalue weighted by Crippen LogP contribution is 2.38. The molecule has 0 radical (unpaired) electrons. The Kier molecular flexibility index (Phi) is 7.42. The third-order valence-electron chi connectivity index (χ3n) is 7.27. The highest BCUT2D eigenvalue weighted by molar-refractivity contribution is 7.99. The lowest BCUT2D eigenvalue weighted by atomic mass is 9.89. The van der Waals surface area contributed by atoms with Crippen LogP contribution in [-0.4, -0.2) is 31.9 Å². The predicted molar refractivity (Wildman–Crippen MR) is 165 cm³/mol. The van der Waals surface area contributed by atoms with Crippen molar-refractivity contribution in [3.8, 4) is 6.07 Å². The Morgan fingerprint density at radius 1 is 1.00 bits per heavy atom. The smallest absolute Gasteiger partial charge is 0.242 e. The number of anilines is 4. The number of hydrogen-bond acceptors (Lipinski definition) is 7. The number of hydrogen-bond donors (Lipinski definition) is 1. The lowest BCUT2D eigenvalue weighted by molar-refractivity contribution is -0.115. The number of carbonyl (C=O) groups is 1. The third kappa shape index (κ3) is 5.34. The third-order valence-corrected chi connectivity index (χ3v) is 8.18. The van der Waals surface area contributed by atoms with Crippen molar-refractivity contribution in [2.45, 2.75) is 44.6 Å². The zero-order valence-corrected chi connectivity index (χ0v) is 24.5. The molecular formula is C33H30N6O2S. The van der Waals surface area contributed by atoms with Crippen LogP contribution in [0.2, 0.25) is 0 Å². The molecule has 6 rings (SSSR count). The SMILES string of the molecule is Cc1ccc(Nc2c(C#N)c3c(c4nnc(SCC(=O)N(c5ccccc5)c5ccccc5)n24)COC(C)(C)C3)cc1. The molecule has 210 valence electrons. The number of nitrogens with zero attached hydrogens (tertiary/aromatic N) is 5. The van der Waals surface area contributed by atoms with Gasteiger partial charge in [-0.3, -0.25) is 14.1 Å². The molecule has 3 aromatic carbocycles. The summed E-state index contributed by atoms with van der Waals surface area (Å²) in [5.74, 6) is 0.582. The fraction of sp³-hybridized carbons (Fsp3) is 0.212. The molecule has 0 spiro atoms. The molecule has 0 bridgehead atoms. The van der Waals surface area contributed by atoms with Crippen molar-refractivity contribution in [1.29, 1.82) is 5.26 Å². The molecule has 1 aliphatic heterocycles. The largest absolute Gasteiger partial charge is 0.370 e. The number of nitrogens with one attached hydrogen (secondary N) is 1. The Labute approximate surface area is 249 Å². The number of thioether (sulfide) groups is 1. The number of amides is 1. The van der Waals surface area contributed by atoms with Crippen molar-refractivity contribution < 1.29 is 9.53 Å². The zero-order valence-electron chi connectivity index (χ0n) is 23.7. The summed E-state index contributed by atoms with van der Waals surface area (Å²) in [7, 11) is 0. The van der Waals surface area contributed by atoms with Gasteiger partial charge in [-0.2, -0.15) is 5.26 Å². The van der Waals surface area contributed by atoms with Crippen LogP contribution >= 0.6 is 11.8 Å². The van der Waals surface area contributed by atoms with Crippen LogP contribution in [0.1, 0.15) is 36.1 Å². The van der Waals surface area contributed by atoms with Crippen LogP contribution < -0.4 is 10.2 Å². The van der Waals surface area contributed by atoms with E-state index >= 15 is 0 Å². The van der Waals surface area contributed by atoms with E-state index < -0.39 is 5.60 Å². The fourth-order valence-corrected chi connectivity index (χ4v) is 5.97. The second kappa shape index (κ2) is 11.3. The number of aryl methyl sites for hydroxylation is 1. The van der Waals surface area contributed by atoms with Crippen molar-refractivity contribution in [2.75, 3.05) is 16.0 Å². The van der Waals surface area contributed by atoms with E-state index in [4.69, 9.17) is 4.74 Å². The van der Waals surface area contributed by atoms with Gasteiger partial charge in [0.1, 0.15) is 11.9 Å². The molecule has 5 aromatic rings. The lowest BCUT2D eigenvalue weighted by Gasteiger charge is -2.33. The second-order valence-electron chi connectivity index (χ2n) is 10.8. The molecule has 0 fully saturated rings. The minimum absolute atomic E-state index is 0.106. The zero-order chi connectivity index (χ0) is 29.3. The average molecular weight is 575 g/mol. The molecule has 0 atom stereocenters. The Morgan fingerprint density at radius 2 is 1.64 bits per heavy atom. The number of ether oxygens (including phenoxy) is 1. The number of nitriles is 1. The number of pyridine rings is 1. The molecule has 0 saturated carbocycles. The molecule has 8 nitrogen and oxygen atoms in total. The summed E-state index contributed by atoms with van der Waals surface area (Å²) in [6.07, 6.45) is 0.571. The first-order chi connectivity index (χ1) is 20.3. The maximum atomic E-state index is 13.8. The standard InChI is InChI=1S/C33H30N6O2S/c1-22-14-16-23(17-15-22)35-30-27(19-34)26-18-33(2,3)41-20-28(26)31-36-37-32(39(30)31)42-21-29(40)38(24-10-6-4-7-11-24)25-12-8-5-9-13-25/h4-17,35H,18,20-21H2,1-3H3. The van der Waals surface area contributed by atoms with E-state index in [-0.39, 0.29) is 11.7 Å². The van der Waals surface area contributed by atoms with Crippen molar-refractivity contribution >= 4 is 46.2 Å². The summed E-state index contributed by atoms with van der Waals surface area (Å²) in [5, 5.41) is 23.5. The summed E-state index contributed by atoms with van der Waals surface area (Å²) < 4.78 is 7.98. The highest BCUT2D eigenvalue weighted by atomic mass is 32.2. The Hall–Kier alpha value is -4.65. The molecule has 0 unspecified atom stereocenters. The summed E-state index contributed by atoms with van der Waals surface area (Å²) in [6.45, 7) is 6.40. The maximum Gasteiger partial charge on any atom is 0.242 e.